The fourth-order valence-corrected chi connectivity index (χ4v) is 4.36. The second-order valence-corrected chi connectivity index (χ2v) is 7.28. The Bertz CT molecular complexity index is 1200. The molecule has 136 valence electrons. The molecule has 8 heteroatoms. The van der Waals surface area contributed by atoms with Crippen LogP contribution in [0.2, 0.25) is 0 Å². The molecule has 0 aliphatic heterocycles. The van der Waals surface area contributed by atoms with Gasteiger partial charge in [-0.05, 0) is 46.2 Å². The lowest BCUT2D eigenvalue weighted by molar-refractivity contribution is -0.136. The van der Waals surface area contributed by atoms with Crippen molar-refractivity contribution in [1.82, 2.24) is 15.0 Å². The average Bonchev–Trinajstić information content (AvgIpc) is 3.09. The number of carboxylic acids is 1. The van der Waals surface area contributed by atoms with Crippen LogP contribution >= 0.6 is 22.6 Å². The molecule has 0 aliphatic rings. The van der Waals surface area contributed by atoms with Gasteiger partial charge >= 0.3 is 5.97 Å². The first-order valence-electron chi connectivity index (χ1n) is 8.28. The van der Waals surface area contributed by atoms with Gasteiger partial charge in [0.25, 0.3) is 0 Å². The van der Waals surface area contributed by atoms with Gasteiger partial charge in [-0.15, -0.1) is 0 Å². The van der Waals surface area contributed by atoms with Gasteiger partial charge in [-0.2, -0.15) is 4.98 Å². The van der Waals surface area contributed by atoms with E-state index in [-0.39, 0.29) is 12.4 Å². The van der Waals surface area contributed by atoms with Crippen molar-refractivity contribution in [3.8, 4) is 11.1 Å². The molecule has 0 bridgehead atoms. The smallest absolute Gasteiger partial charge is 0.303 e. The SMILES string of the molecule is Nc1nc(N)c2c(n1)c(I)c(-c1ccccc1CCC(=O)O)c1[nH]ccc12. The third kappa shape index (κ3) is 2.95. The van der Waals surface area contributed by atoms with Crippen LogP contribution in [-0.2, 0) is 11.2 Å². The van der Waals surface area contributed by atoms with Crippen molar-refractivity contribution in [3.05, 3.63) is 45.7 Å². The summed E-state index contributed by atoms with van der Waals surface area (Å²) in [5.41, 5.74) is 16.5. The number of nitrogen functional groups attached to an aromatic ring is 2. The second kappa shape index (κ2) is 6.69. The monoisotopic (exact) mass is 473 g/mol. The lowest BCUT2D eigenvalue weighted by Gasteiger charge is -2.15. The first-order valence-corrected chi connectivity index (χ1v) is 9.36. The lowest BCUT2D eigenvalue weighted by Crippen LogP contribution is -2.04. The summed E-state index contributed by atoms with van der Waals surface area (Å²) in [6, 6.07) is 9.74. The van der Waals surface area contributed by atoms with Gasteiger partial charge in [-0.3, -0.25) is 4.79 Å². The highest BCUT2D eigenvalue weighted by molar-refractivity contribution is 14.1. The van der Waals surface area contributed by atoms with Crippen molar-refractivity contribution in [2.75, 3.05) is 11.5 Å². The zero-order valence-corrected chi connectivity index (χ0v) is 16.3. The number of nitrogens with two attached hydrogens (primary N) is 2. The molecule has 2 aromatic heterocycles. The van der Waals surface area contributed by atoms with Crippen LogP contribution in [0.3, 0.4) is 0 Å². The van der Waals surface area contributed by atoms with Gasteiger partial charge in [-0.25, -0.2) is 4.98 Å². The number of aromatic amines is 1. The number of hydrogen-bond acceptors (Lipinski definition) is 5. The number of carbonyl (C=O) groups is 1. The molecule has 0 amide bonds. The highest BCUT2D eigenvalue weighted by Gasteiger charge is 2.20. The Labute approximate surface area is 167 Å². The van der Waals surface area contributed by atoms with Crippen LogP contribution in [0.15, 0.2) is 36.5 Å². The van der Waals surface area contributed by atoms with Crippen LogP contribution in [0.5, 0.6) is 0 Å². The molecule has 0 aliphatic carbocycles. The number of fused-ring (bicyclic) bond motifs is 3. The first-order chi connectivity index (χ1) is 13.0. The van der Waals surface area contributed by atoms with Gasteiger partial charge in [0.1, 0.15) is 5.82 Å². The summed E-state index contributed by atoms with van der Waals surface area (Å²) in [6.45, 7) is 0. The zero-order valence-electron chi connectivity index (χ0n) is 14.2. The predicted molar refractivity (Wildman–Crippen MR) is 114 cm³/mol. The summed E-state index contributed by atoms with van der Waals surface area (Å²) in [6.07, 6.45) is 2.35. The maximum Gasteiger partial charge on any atom is 0.303 e. The molecule has 0 spiro atoms. The normalized spacial score (nSPS) is 11.3. The van der Waals surface area contributed by atoms with Gasteiger partial charge in [0, 0.05) is 27.1 Å². The number of aryl methyl sites for hydroxylation is 1. The third-order valence-corrected chi connectivity index (χ3v) is 5.59. The Morgan fingerprint density at radius 2 is 1.96 bits per heavy atom. The molecular formula is C19H16IN5O2. The Hall–Kier alpha value is -2.88. The molecule has 0 unspecified atom stereocenters. The largest absolute Gasteiger partial charge is 0.481 e. The topological polar surface area (TPSA) is 131 Å². The van der Waals surface area contributed by atoms with Crippen LogP contribution < -0.4 is 11.5 Å². The van der Waals surface area contributed by atoms with E-state index >= 15 is 0 Å². The van der Waals surface area contributed by atoms with E-state index in [4.69, 9.17) is 16.6 Å². The molecule has 6 N–H and O–H groups in total. The van der Waals surface area contributed by atoms with E-state index < -0.39 is 5.97 Å². The van der Waals surface area contributed by atoms with Crippen LogP contribution in [0.4, 0.5) is 11.8 Å². The van der Waals surface area contributed by atoms with E-state index in [0.29, 0.717) is 17.8 Å². The maximum atomic E-state index is 11.1. The number of carboxylic acid groups (broad SMARTS) is 1. The number of nitrogens with zero attached hydrogens (tertiary/aromatic N) is 2. The Morgan fingerprint density at radius 1 is 1.19 bits per heavy atom. The van der Waals surface area contributed by atoms with E-state index in [0.717, 1.165) is 36.5 Å². The third-order valence-electron chi connectivity index (χ3n) is 4.54. The highest BCUT2D eigenvalue weighted by atomic mass is 127. The number of hydrogen-bond donors (Lipinski definition) is 4. The fourth-order valence-electron chi connectivity index (χ4n) is 3.41. The number of rotatable bonds is 4. The summed E-state index contributed by atoms with van der Waals surface area (Å²) in [5.74, 6) is -0.361. The molecular weight excluding hydrogens is 457 g/mol. The van der Waals surface area contributed by atoms with Crippen LogP contribution in [0, 0.1) is 3.57 Å². The Morgan fingerprint density at radius 3 is 2.74 bits per heavy atom. The van der Waals surface area contributed by atoms with Crippen molar-refractivity contribution in [1.29, 1.82) is 0 Å². The zero-order chi connectivity index (χ0) is 19.1. The molecule has 0 fully saturated rings. The summed E-state index contributed by atoms with van der Waals surface area (Å²) in [4.78, 5) is 22.9. The quantitative estimate of drug-likeness (QED) is 0.336. The van der Waals surface area contributed by atoms with E-state index in [9.17, 15) is 4.79 Å². The van der Waals surface area contributed by atoms with Crippen molar-refractivity contribution < 1.29 is 9.90 Å². The fraction of sp³-hybridized carbons (Fsp3) is 0.105. The molecule has 4 aromatic rings. The van der Waals surface area contributed by atoms with Gasteiger partial charge in [0.05, 0.1) is 16.4 Å². The van der Waals surface area contributed by atoms with E-state index in [1.807, 2.05) is 36.5 Å². The minimum absolute atomic E-state index is 0.0666. The van der Waals surface area contributed by atoms with E-state index in [1.165, 1.54) is 0 Å². The van der Waals surface area contributed by atoms with Crippen molar-refractivity contribution in [3.63, 3.8) is 0 Å². The van der Waals surface area contributed by atoms with Gasteiger partial charge in [0.2, 0.25) is 5.95 Å². The predicted octanol–water partition coefficient (Wildman–Crippen LogP) is 3.56. The van der Waals surface area contributed by atoms with Crippen molar-refractivity contribution in [2.24, 2.45) is 0 Å². The molecule has 0 saturated heterocycles. The number of anilines is 2. The summed E-state index contributed by atoms with van der Waals surface area (Å²) < 4.78 is 0.890. The standard InChI is InChI=1S/C19H16IN5O2/c20-15-13(10-4-2-1-3-9(10)5-6-12(26)27)16-11(7-8-23-16)14-17(15)24-19(22)25-18(14)21/h1-4,7-8,23H,5-6H2,(H,26,27)(H4,21,22,24,25). The van der Waals surface area contributed by atoms with Gasteiger partial charge < -0.3 is 21.6 Å². The van der Waals surface area contributed by atoms with Gasteiger partial charge in [-0.1, -0.05) is 24.3 Å². The molecule has 0 saturated carbocycles. The van der Waals surface area contributed by atoms with Crippen molar-refractivity contribution >= 4 is 62.1 Å². The molecule has 2 aromatic carbocycles. The number of aromatic nitrogens is 3. The minimum atomic E-state index is -0.823. The molecule has 27 heavy (non-hydrogen) atoms. The molecule has 2 heterocycles. The number of halogens is 1. The second-order valence-electron chi connectivity index (χ2n) is 6.20. The summed E-state index contributed by atoms with van der Waals surface area (Å²) in [5, 5.41) is 10.7. The minimum Gasteiger partial charge on any atom is -0.481 e. The maximum absolute atomic E-state index is 11.1. The Kier molecular flexibility index (Phi) is 4.34. The summed E-state index contributed by atoms with van der Waals surface area (Å²) >= 11 is 2.24. The van der Waals surface area contributed by atoms with Crippen LogP contribution in [0.25, 0.3) is 32.9 Å². The molecule has 7 nitrogen and oxygen atoms in total. The van der Waals surface area contributed by atoms with Crippen LogP contribution in [0.1, 0.15) is 12.0 Å². The molecule has 0 atom stereocenters. The molecule has 4 rings (SSSR count). The lowest BCUT2D eigenvalue weighted by atomic mass is 9.94. The summed E-state index contributed by atoms with van der Waals surface area (Å²) in [7, 11) is 0. The van der Waals surface area contributed by atoms with Crippen molar-refractivity contribution in [2.45, 2.75) is 12.8 Å². The highest BCUT2D eigenvalue weighted by Crippen LogP contribution is 2.41. The van der Waals surface area contributed by atoms with E-state index in [1.54, 1.807) is 0 Å². The first kappa shape index (κ1) is 17.5. The number of benzene rings is 2. The Balaban J connectivity index is 2.07. The van der Waals surface area contributed by atoms with Gasteiger partial charge in [0.15, 0.2) is 0 Å². The van der Waals surface area contributed by atoms with Crippen LogP contribution in [-0.4, -0.2) is 26.0 Å². The number of nitrogens with one attached hydrogen (secondary N) is 1. The number of H-pyrrole nitrogens is 1. The molecule has 0 radical (unpaired) electrons. The number of aliphatic carboxylic acids is 1. The van der Waals surface area contributed by atoms with E-state index in [2.05, 4.69) is 37.5 Å². The average molecular weight is 473 g/mol.